The van der Waals surface area contributed by atoms with Crippen LogP contribution in [0.25, 0.3) is 0 Å². The highest BCUT2D eigenvalue weighted by atomic mass is 79.9. The second-order valence-corrected chi connectivity index (χ2v) is 5.35. The third-order valence-electron chi connectivity index (χ3n) is 2.44. The minimum absolute atomic E-state index is 0.259. The molecule has 1 nitrogen and oxygen atoms in total. The summed E-state index contributed by atoms with van der Waals surface area (Å²) in [5, 5.41) is 0. The molecule has 0 bridgehead atoms. The van der Waals surface area contributed by atoms with Crippen molar-refractivity contribution in [2.75, 3.05) is 0 Å². The molecule has 18 heavy (non-hydrogen) atoms. The number of halogens is 2. The number of ether oxygens (including phenoxy) is 1. The molecule has 0 spiro atoms. The summed E-state index contributed by atoms with van der Waals surface area (Å²) in [4.78, 5) is 0.762. The summed E-state index contributed by atoms with van der Waals surface area (Å²) in [6, 6.07) is 10.2. The molecular weight excluding hydrogens is 315 g/mol. The zero-order valence-corrected chi connectivity index (χ0v) is 12.3. The first-order valence-electron chi connectivity index (χ1n) is 5.42. The number of benzene rings is 2. The fraction of sp³-hybridized carbons (Fsp3) is 0.143. The fourth-order valence-corrected chi connectivity index (χ4v) is 2.87. The van der Waals surface area contributed by atoms with Gasteiger partial charge < -0.3 is 4.74 Å². The normalized spacial score (nSPS) is 10.4. The van der Waals surface area contributed by atoms with Crippen LogP contribution in [-0.4, -0.2) is 0 Å². The lowest BCUT2D eigenvalue weighted by atomic mass is 10.2. The van der Waals surface area contributed by atoms with E-state index in [1.807, 2.05) is 25.1 Å². The van der Waals surface area contributed by atoms with Crippen LogP contribution in [0.1, 0.15) is 11.1 Å². The van der Waals surface area contributed by atoms with E-state index in [-0.39, 0.29) is 5.82 Å². The summed E-state index contributed by atoms with van der Waals surface area (Å²) in [5.74, 6) is 0.415. The Morgan fingerprint density at radius 3 is 2.72 bits per heavy atom. The predicted molar refractivity (Wildman–Crippen MR) is 76.9 cm³/mol. The molecule has 0 heterocycles. The summed E-state index contributed by atoms with van der Waals surface area (Å²) >= 11 is 7.81. The van der Waals surface area contributed by atoms with E-state index < -0.39 is 0 Å². The molecule has 0 aromatic heterocycles. The molecule has 2 aromatic carbocycles. The van der Waals surface area contributed by atoms with E-state index >= 15 is 0 Å². The van der Waals surface area contributed by atoms with Crippen LogP contribution >= 0.6 is 28.6 Å². The van der Waals surface area contributed by atoms with E-state index in [2.05, 4.69) is 28.6 Å². The lowest BCUT2D eigenvalue weighted by Crippen LogP contribution is -1.97. The second-order valence-electron chi connectivity index (χ2n) is 4.01. The molecule has 0 amide bonds. The summed E-state index contributed by atoms with van der Waals surface area (Å²) in [7, 11) is 0. The number of aryl methyl sites for hydroxylation is 1. The molecule has 0 atom stereocenters. The van der Waals surface area contributed by atoms with Gasteiger partial charge in [0.05, 0.1) is 4.47 Å². The molecule has 94 valence electrons. The van der Waals surface area contributed by atoms with E-state index in [4.69, 9.17) is 4.74 Å². The number of hydrogen-bond donors (Lipinski definition) is 1. The SMILES string of the molecule is Cc1cc(S)c(OCc2cccc(F)c2)c(Br)c1. The molecular formula is C14H12BrFOS. The maximum absolute atomic E-state index is 13.0. The molecule has 2 rings (SSSR count). The largest absolute Gasteiger partial charge is 0.487 e. The summed E-state index contributed by atoms with van der Waals surface area (Å²) in [6.07, 6.45) is 0. The number of thiol groups is 1. The predicted octanol–water partition coefficient (Wildman–Crippen LogP) is 4.76. The van der Waals surface area contributed by atoms with Crippen molar-refractivity contribution in [1.82, 2.24) is 0 Å². The van der Waals surface area contributed by atoms with Crippen molar-refractivity contribution < 1.29 is 9.13 Å². The second kappa shape index (κ2) is 5.76. The van der Waals surface area contributed by atoms with Crippen LogP contribution in [0.5, 0.6) is 5.75 Å². The third kappa shape index (κ3) is 3.27. The average Bonchev–Trinajstić information content (AvgIpc) is 2.27. The zero-order chi connectivity index (χ0) is 13.1. The zero-order valence-electron chi connectivity index (χ0n) is 9.78. The van der Waals surface area contributed by atoms with Crippen molar-refractivity contribution in [2.45, 2.75) is 18.4 Å². The molecule has 0 aliphatic carbocycles. The molecule has 4 heteroatoms. The van der Waals surface area contributed by atoms with Crippen molar-refractivity contribution in [3.63, 3.8) is 0 Å². The number of rotatable bonds is 3. The van der Waals surface area contributed by atoms with Crippen molar-refractivity contribution in [3.8, 4) is 5.75 Å². The van der Waals surface area contributed by atoms with Crippen LogP contribution in [0.3, 0.4) is 0 Å². The fourth-order valence-electron chi connectivity index (χ4n) is 1.64. The Morgan fingerprint density at radius 2 is 2.06 bits per heavy atom. The lowest BCUT2D eigenvalue weighted by molar-refractivity contribution is 0.296. The first-order valence-corrected chi connectivity index (χ1v) is 6.66. The number of hydrogen-bond acceptors (Lipinski definition) is 2. The highest BCUT2D eigenvalue weighted by Gasteiger charge is 2.07. The molecule has 0 aliphatic heterocycles. The van der Waals surface area contributed by atoms with Gasteiger partial charge in [-0.25, -0.2) is 4.39 Å². The van der Waals surface area contributed by atoms with Crippen LogP contribution in [-0.2, 0) is 6.61 Å². The Hall–Kier alpha value is -1.00. The van der Waals surface area contributed by atoms with E-state index in [9.17, 15) is 4.39 Å². The molecule has 0 saturated carbocycles. The Balaban J connectivity index is 2.16. The maximum atomic E-state index is 13.0. The Labute approximate surface area is 120 Å². The highest BCUT2D eigenvalue weighted by Crippen LogP contribution is 2.33. The first-order chi connectivity index (χ1) is 8.56. The lowest BCUT2D eigenvalue weighted by Gasteiger charge is -2.11. The monoisotopic (exact) mass is 326 g/mol. The van der Waals surface area contributed by atoms with Crippen molar-refractivity contribution in [2.24, 2.45) is 0 Å². The molecule has 0 saturated heterocycles. The maximum Gasteiger partial charge on any atom is 0.147 e. The Bertz CT molecular complexity index is 548. The van der Waals surface area contributed by atoms with Gasteiger partial charge in [-0.15, -0.1) is 12.6 Å². The molecule has 2 aromatic rings. The standard InChI is InChI=1S/C14H12BrFOS/c1-9-5-12(15)14(13(18)6-9)17-8-10-3-2-4-11(16)7-10/h2-7,18H,8H2,1H3. The minimum atomic E-state index is -0.259. The van der Waals surface area contributed by atoms with Crippen molar-refractivity contribution >= 4 is 28.6 Å². The van der Waals surface area contributed by atoms with Crippen LogP contribution in [0.2, 0.25) is 0 Å². The summed E-state index contributed by atoms with van der Waals surface area (Å²) in [5.41, 5.74) is 1.89. The molecule has 0 aliphatic rings. The van der Waals surface area contributed by atoms with Gasteiger partial charge >= 0.3 is 0 Å². The summed E-state index contributed by atoms with van der Waals surface area (Å²) in [6.45, 7) is 2.30. The van der Waals surface area contributed by atoms with E-state index in [1.54, 1.807) is 6.07 Å². The smallest absolute Gasteiger partial charge is 0.147 e. The third-order valence-corrected chi connectivity index (χ3v) is 3.36. The van der Waals surface area contributed by atoms with Crippen LogP contribution < -0.4 is 4.74 Å². The van der Waals surface area contributed by atoms with Gasteiger partial charge in [-0.1, -0.05) is 12.1 Å². The molecule has 0 radical (unpaired) electrons. The quantitative estimate of drug-likeness (QED) is 0.800. The van der Waals surface area contributed by atoms with Crippen LogP contribution in [0.4, 0.5) is 4.39 Å². The van der Waals surface area contributed by atoms with E-state index in [1.165, 1.54) is 12.1 Å². The summed E-state index contributed by atoms with van der Waals surface area (Å²) < 4.78 is 19.5. The van der Waals surface area contributed by atoms with Gasteiger partial charge in [-0.05, 0) is 58.2 Å². The van der Waals surface area contributed by atoms with Crippen molar-refractivity contribution in [3.05, 3.63) is 57.8 Å². The minimum Gasteiger partial charge on any atom is -0.487 e. The van der Waals surface area contributed by atoms with E-state index in [0.717, 1.165) is 20.5 Å². The van der Waals surface area contributed by atoms with Crippen molar-refractivity contribution in [1.29, 1.82) is 0 Å². The van der Waals surface area contributed by atoms with Gasteiger partial charge in [0.2, 0.25) is 0 Å². The van der Waals surface area contributed by atoms with Gasteiger partial charge in [0, 0.05) is 4.90 Å². The van der Waals surface area contributed by atoms with Gasteiger partial charge in [-0.3, -0.25) is 0 Å². The first kappa shape index (κ1) is 13.4. The Morgan fingerprint density at radius 1 is 1.28 bits per heavy atom. The molecule has 0 fully saturated rings. The Kier molecular flexibility index (Phi) is 4.30. The highest BCUT2D eigenvalue weighted by molar-refractivity contribution is 9.10. The molecule has 0 unspecified atom stereocenters. The van der Waals surface area contributed by atoms with Crippen LogP contribution in [0.15, 0.2) is 45.8 Å². The van der Waals surface area contributed by atoms with Gasteiger partial charge in [-0.2, -0.15) is 0 Å². The topological polar surface area (TPSA) is 9.23 Å². The van der Waals surface area contributed by atoms with E-state index in [0.29, 0.717) is 12.4 Å². The van der Waals surface area contributed by atoms with Gasteiger partial charge in [0.15, 0.2) is 0 Å². The molecule has 0 N–H and O–H groups in total. The van der Waals surface area contributed by atoms with Gasteiger partial charge in [0.25, 0.3) is 0 Å². The van der Waals surface area contributed by atoms with Crippen LogP contribution in [0, 0.1) is 12.7 Å². The van der Waals surface area contributed by atoms with Gasteiger partial charge in [0.1, 0.15) is 18.2 Å². The average molecular weight is 327 g/mol.